The van der Waals surface area contributed by atoms with E-state index in [2.05, 4.69) is 17.1 Å². The minimum Gasteiger partial charge on any atom is -0.317 e. The Hall–Kier alpha value is -0.0800. The third kappa shape index (κ3) is 3.46. The normalized spacial score (nSPS) is 27.0. The zero-order valence-corrected chi connectivity index (χ0v) is 10.2. The second-order valence-corrected chi connectivity index (χ2v) is 5.40. The minimum atomic E-state index is 0.938. The van der Waals surface area contributed by atoms with Crippen LogP contribution in [0.2, 0.25) is 0 Å². The summed E-state index contributed by atoms with van der Waals surface area (Å²) in [5, 5.41) is 3.46. The fraction of sp³-hybridized carbons (Fsp3) is 1.00. The molecule has 1 N–H and O–H groups in total. The van der Waals surface area contributed by atoms with Gasteiger partial charge in [-0.2, -0.15) is 0 Å². The van der Waals surface area contributed by atoms with Gasteiger partial charge in [0.15, 0.2) is 0 Å². The van der Waals surface area contributed by atoms with Gasteiger partial charge in [0.1, 0.15) is 0 Å². The molecular weight excluding hydrogens is 184 g/mol. The molecule has 0 spiro atoms. The molecule has 0 saturated carbocycles. The molecular formula is C13H26N2. The molecule has 0 aromatic carbocycles. The number of piperidine rings is 1. The fourth-order valence-electron chi connectivity index (χ4n) is 3.04. The first-order valence-corrected chi connectivity index (χ1v) is 6.79. The maximum absolute atomic E-state index is 3.46. The maximum Gasteiger partial charge on any atom is -0.00161 e. The summed E-state index contributed by atoms with van der Waals surface area (Å²) in [7, 11) is 0. The Labute approximate surface area is 94.4 Å². The molecule has 88 valence electrons. The van der Waals surface area contributed by atoms with Crippen molar-refractivity contribution in [2.75, 3.05) is 32.7 Å². The standard InChI is InChI=1S/C13H26N2/c1-12(13-4-7-14-8-5-13)6-11-15-9-2-3-10-15/h12-14H,2-11H2,1H3. The number of hydrogen-bond donors (Lipinski definition) is 1. The summed E-state index contributed by atoms with van der Waals surface area (Å²) in [6.45, 7) is 9.03. The highest BCUT2D eigenvalue weighted by atomic mass is 15.1. The Kier molecular flexibility index (Phi) is 4.45. The Bertz CT molecular complexity index is 169. The number of nitrogens with one attached hydrogen (secondary N) is 1. The lowest BCUT2D eigenvalue weighted by Crippen LogP contribution is -2.32. The Morgan fingerprint density at radius 1 is 1.20 bits per heavy atom. The molecule has 0 radical (unpaired) electrons. The predicted octanol–water partition coefficient (Wildman–Crippen LogP) is 2.11. The van der Waals surface area contributed by atoms with Crippen molar-refractivity contribution in [3.05, 3.63) is 0 Å². The van der Waals surface area contributed by atoms with Gasteiger partial charge in [0.2, 0.25) is 0 Å². The van der Waals surface area contributed by atoms with E-state index in [9.17, 15) is 0 Å². The summed E-state index contributed by atoms with van der Waals surface area (Å²) in [6, 6.07) is 0. The fourth-order valence-corrected chi connectivity index (χ4v) is 3.04. The van der Waals surface area contributed by atoms with Gasteiger partial charge in [-0.15, -0.1) is 0 Å². The van der Waals surface area contributed by atoms with E-state index in [4.69, 9.17) is 0 Å². The van der Waals surface area contributed by atoms with E-state index >= 15 is 0 Å². The van der Waals surface area contributed by atoms with Gasteiger partial charge < -0.3 is 10.2 Å². The predicted molar refractivity (Wildman–Crippen MR) is 65.0 cm³/mol. The number of hydrogen-bond acceptors (Lipinski definition) is 2. The van der Waals surface area contributed by atoms with Gasteiger partial charge in [0.05, 0.1) is 0 Å². The molecule has 1 unspecified atom stereocenters. The molecule has 2 nitrogen and oxygen atoms in total. The first-order valence-electron chi connectivity index (χ1n) is 6.79. The first kappa shape index (κ1) is 11.4. The Morgan fingerprint density at radius 3 is 2.53 bits per heavy atom. The van der Waals surface area contributed by atoms with Crippen LogP contribution in [0, 0.1) is 11.8 Å². The van der Waals surface area contributed by atoms with Crippen LogP contribution < -0.4 is 5.32 Å². The lowest BCUT2D eigenvalue weighted by Gasteiger charge is -2.29. The van der Waals surface area contributed by atoms with Crippen molar-refractivity contribution in [3.63, 3.8) is 0 Å². The average Bonchev–Trinajstić information content (AvgIpc) is 2.80. The lowest BCUT2D eigenvalue weighted by molar-refractivity contribution is 0.229. The van der Waals surface area contributed by atoms with E-state index in [-0.39, 0.29) is 0 Å². The number of likely N-dealkylation sites (tertiary alicyclic amines) is 1. The molecule has 2 heteroatoms. The first-order chi connectivity index (χ1) is 7.36. The third-order valence-electron chi connectivity index (χ3n) is 4.29. The van der Waals surface area contributed by atoms with E-state index in [0.29, 0.717) is 0 Å². The van der Waals surface area contributed by atoms with Crippen LogP contribution in [0.3, 0.4) is 0 Å². The summed E-state index contributed by atoms with van der Waals surface area (Å²) in [5.74, 6) is 1.93. The average molecular weight is 210 g/mol. The van der Waals surface area contributed by atoms with Crippen LogP contribution in [0.1, 0.15) is 39.0 Å². The second kappa shape index (κ2) is 5.86. The molecule has 2 aliphatic rings. The molecule has 15 heavy (non-hydrogen) atoms. The Morgan fingerprint density at radius 2 is 1.87 bits per heavy atom. The molecule has 1 atom stereocenters. The number of rotatable bonds is 4. The highest BCUT2D eigenvalue weighted by Gasteiger charge is 2.20. The highest BCUT2D eigenvalue weighted by Crippen LogP contribution is 2.24. The third-order valence-corrected chi connectivity index (χ3v) is 4.29. The quantitative estimate of drug-likeness (QED) is 0.764. The van der Waals surface area contributed by atoms with Crippen molar-refractivity contribution in [1.29, 1.82) is 0 Å². The van der Waals surface area contributed by atoms with E-state index in [1.54, 1.807) is 0 Å². The molecule has 0 amide bonds. The maximum atomic E-state index is 3.46. The zero-order chi connectivity index (χ0) is 10.5. The van der Waals surface area contributed by atoms with E-state index in [0.717, 1.165) is 11.8 Å². The van der Waals surface area contributed by atoms with Gasteiger partial charge in [0, 0.05) is 0 Å². The zero-order valence-electron chi connectivity index (χ0n) is 10.2. The Balaban J connectivity index is 1.64. The van der Waals surface area contributed by atoms with Crippen molar-refractivity contribution in [1.82, 2.24) is 10.2 Å². The minimum absolute atomic E-state index is 0.938. The summed E-state index contributed by atoms with van der Waals surface area (Å²) >= 11 is 0. The molecule has 2 heterocycles. The molecule has 0 aliphatic carbocycles. The lowest BCUT2D eigenvalue weighted by atomic mass is 9.84. The molecule has 2 fully saturated rings. The molecule has 0 bridgehead atoms. The van der Waals surface area contributed by atoms with Crippen molar-refractivity contribution in [3.8, 4) is 0 Å². The van der Waals surface area contributed by atoms with Crippen LogP contribution in [0.15, 0.2) is 0 Å². The van der Waals surface area contributed by atoms with Gasteiger partial charge in [-0.3, -0.25) is 0 Å². The van der Waals surface area contributed by atoms with E-state index < -0.39 is 0 Å². The van der Waals surface area contributed by atoms with Crippen LogP contribution >= 0.6 is 0 Å². The second-order valence-electron chi connectivity index (χ2n) is 5.40. The largest absolute Gasteiger partial charge is 0.317 e. The van der Waals surface area contributed by atoms with E-state index in [1.165, 1.54) is 64.8 Å². The topological polar surface area (TPSA) is 15.3 Å². The SMILES string of the molecule is CC(CCN1CCCC1)C1CCNCC1. The van der Waals surface area contributed by atoms with Gasteiger partial charge >= 0.3 is 0 Å². The number of nitrogens with zero attached hydrogens (tertiary/aromatic N) is 1. The molecule has 0 aromatic heterocycles. The van der Waals surface area contributed by atoms with Crippen LogP contribution in [0.25, 0.3) is 0 Å². The summed E-state index contributed by atoms with van der Waals surface area (Å²) in [4.78, 5) is 2.65. The molecule has 0 aromatic rings. The van der Waals surface area contributed by atoms with Gasteiger partial charge in [-0.05, 0) is 76.7 Å². The smallest absolute Gasteiger partial charge is 0.00161 e. The van der Waals surface area contributed by atoms with E-state index in [1.807, 2.05) is 0 Å². The summed E-state index contributed by atoms with van der Waals surface area (Å²) in [6.07, 6.45) is 7.09. The van der Waals surface area contributed by atoms with Crippen molar-refractivity contribution < 1.29 is 0 Å². The van der Waals surface area contributed by atoms with Crippen molar-refractivity contribution in [2.24, 2.45) is 11.8 Å². The van der Waals surface area contributed by atoms with Crippen LogP contribution in [-0.4, -0.2) is 37.6 Å². The van der Waals surface area contributed by atoms with Crippen molar-refractivity contribution in [2.45, 2.75) is 39.0 Å². The van der Waals surface area contributed by atoms with Gasteiger partial charge in [-0.25, -0.2) is 0 Å². The van der Waals surface area contributed by atoms with Gasteiger partial charge in [0.25, 0.3) is 0 Å². The van der Waals surface area contributed by atoms with Gasteiger partial charge in [-0.1, -0.05) is 6.92 Å². The molecule has 2 aliphatic heterocycles. The summed E-state index contributed by atoms with van der Waals surface area (Å²) in [5.41, 5.74) is 0. The molecule has 2 saturated heterocycles. The summed E-state index contributed by atoms with van der Waals surface area (Å²) < 4.78 is 0. The van der Waals surface area contributed by atoms with Crippen LogP contribution in [0.4, 0.5) is 0 Å². The van der Waals surface area contributed by atoms with Crippen LogP contribution in [0.5, 0.6) is 0 Å². The molecule has 2 rings (SSSR count). The monoisotopic (exact) mass is 210 g/mol. The van der Waals surface area contributed by atoms with Crippen molar-refractivity contribution >= 4 is 0 Å². The highest BCUT2D eigenvalue weighted by molar-refractivity contribution is 4.75. The van der Waals surface area contributed by atoms with Crippen LogP contribution in [-0.2, 0) is 0 Å².